The molecule has 1 rings (SSSR count). The van der Waals surface area contributed by atoms with Crippen LogP contribution >= 0.6 is 0 Å². The number of aryl methyl sites for hydroxylation is 1. The highest BCUT2D eigenvalue weighted by atomic mass is 16.6. The van der Waals surface area contributed by atoms with Gasteiger partial charge in [0.15, 0.2) is 11.9 Å². The van der Waals surface area contributed by atoms with Crippen LogP contribution in [0.3, 0.4) is 0 Å². The molecule has 0 bridgehead atoms. The first kappa shape index (κ1) is 9.31. The molecule has 70 valence electrons. The molecule has 0 aliphatic rings. The van der Waals surface area contributed by atoms with Crippen molar-refractivity contribution in [3.8, 4) is 5.75 Å². The number of amides is 1. The van der Waals surface area contributed by atoms with E-state index in [1.54, 1.807) is 13.0 Å². The second kappa shape index (κ2) is 3.75. The third-order valence-corrected chi connectivity index (χ3v) is 1.37. The molecule has 1 N–H and O–H groups in total. The summed E-state index contributed by atoms with van der Waals surface area (Å²) in [5, 5.41) is 13.2. The van der Waals surface area contributed by atoms with Crippen molar-refractivity contribution in [3.63, 3.8) is 0 Å². The molecule has 13 heavy (non-hydrogen) atoms. The second-order valence-electron chi connectivity index (χ2n) is 2.55. The average Bonchev–Trinajstić information content (AvgIpc) is 2.02. The van der Waals surface area contributed by atoms with Crippen LogP contribution in [0.2, 0.25) is 0 Å². The molecule has 0 saturated carbocycles. The van der Waals surface area contributed by atoms with Gasteiger partial charge < -0.3 is 15.3 Å². The van der Waals surface area contributed by atoms with Gasteiger partial charge in [-0.05, 0) is 13.0 Å². The molecule has 1 aromatic rings. The molecule has 0 atom stereocenters. The zero-order valence-corrected chi connectivity index (χ0v) is 7.40. The topological polar surface area (TPSA) is 65.3 Å². The number of carbonyl (C=O) groups excluding carboxylic acids is 1. The lowest BCUT2D eigenvalue weighted by molar-refractivity contribution is -0.606. The summed E-state index contributed by atoms with van der Waals surface area (Å²) in [5.74, 6) is 0.231. The summed E-state index contributed by atoms with van der Waals surface area (Å²) in [6.07, 6.45) is 1.98. The number of hydrogen-bond acceptors (Lipinski definition) is 3. The minimum atomic E-state index is -0.592. The fourth-order valence-corrected chi connectivity index (χ4v) is 0.876. The first-order valence-corrected chi connectivity index (χ1v) is 3.72. The molecule has 5 heteroatoms. The summed E-state index contributed by atoms with van der Waals surface area (Å²) < 4.78 is 5.35. The lowest BCUT2D eigenvalue weighted by atomic mass is 10.3. The molecule has 0 aromatic carbocycles. The van der Waals surface area contributed by atoms with E-state index in [0.29, 0.717) is 4.73 Å². The number of pyridine rings is 1. The predicted octanol–water partition coefficient (Wildman–Crippen LogP) is 0.347. The van der Waals surface area contributed by atoms with Crippen molar-refractivity contribution in [1.29, 1.82) is 0 Å². The molecule has 0 aliphatic heterocycles. The number of carbonyl (C=O) groups is 1. The maximum Gasteiger partial charge on any atom is 0.412 e. The Balaban J connectivity index is 2.83. The van der Waals surface area contributed by atoms with Gasteiger partial charge in [-0.3, -0.25) is 0 Å². The van der Waals surface area contributed by atoms with Crippen LogP contribution in [0.25, 0.3) is 0 Å². The van der Waals surface area contributed by atoms with Gasteiger partial charge in [0.1, 0.15) is 0 Å². The Labute approximate surface area is 75.5 Å². The van der Waals surface area contributed by atoms with Crippen molar-refractivity contribution in [1.82, 2.24) is 5.32 Å². The molecule has 1 amide bonds. The van der Waals surface area contributed by atoms with Gasteiger partial charge in [0.05, 0.1) is 0 Å². The minimum absolute atomic E-state index is 0.231. The quantitative estimate of drug-likeness (QED) is 0.503. The molecule has 0 radical (unpaired) electrons. The minimum Gasteiger partial charge on any atom is -0.619 e. The molecular weight excluding hydrogens is 172 g/mol. The molecule has 0 saturated heterocycles. The van der Waals surface area contributed by atoms with Crippen molar-refractivity contribution in [3.05, 3.63) is 29.2 Å². The predicted molar refractivity (Wildman–Crippen MR) is 45.2 cm³/mol. The highest BCUT2D eigenvalue weighted by Crippen LogP contribution is 2.08. The van der Waals surface area contributed by atoms with Gasteiger partial charge in [-0.1, -0.05) is 0 Å². The Bertz CT molecular complexity index is 305. The van der Waals surface area contributed by atoms with E-state index in [0.717, 1.165) is 5.56 Å². The maximum atomic E-state index is 10.9. The van der Waals surface area contributed by atoms with Crippen molar-refractivity contribution in [2.45, 2.75) is 6.92 Å². The fraction of sp³-hybridized carbons (Fsp3) is 0.250. The van der Waals surface area contributed by atoms with Gasteiger partial charge in [-0.2, -0.15) is 4.73 Å². The summed E-state index contributed by atoms with van der Waals surface area (Å²) in [7, 11) is 1.45. The SMILES string of the molecule is CNC(=O)Oc1cc(C)c[n+]([O-])c1. The number of hydrogen-bond donors (Lipinski definition) is 1. The Hall–Kier alpha value is -1.78. The van der Waals surface area contributed by atoms with Crippen LogP contribution in [0.15, 0.2) is 18.5 Å². The van der Waals surface area contributed by atoms with Gasteiger partial charge in [0, 0.05) is 12.6 Å². The zero-order chi connectivity index (χ0) is 9.84. The van der Waals surface area contributed by atoms with Gasteiger partial charge in [-0.25, -0.2) is 4.79 Å². The average molecular weight is 182 g/mol. The van der Waals surface area contributed by atoms with E-state index in [4.69, 9.17) is 4.74 Å². The van der Waals surface area contributed by atoms with Crippen LogP contribution < -0.4 is 14.8 Å². The number of rotatable bonds is 1. The van der Waals surface area contributed by atoms with Crippen LogP contribution in [-0.2, 0) is 0 Å². The molecule has 1 aromatic heterocycles. The lowest BCUT2D eigenvalue weighted by Gasteiger charge is -2.03. The van der Waals surface area contributed by atoms with Gasteiger partial charge in [0.25, 0.3) is 0 Å². The number of nitrogens with zero attached hydrogens (tertiary/aromatic N) is 1. The monoisotopic (exact) mass is 182 g/mol. The van der Waals surface area contributed by atoms with E-state index >= 15 is 0 Å². The number of nitrogens with one attached hydrogen (secondary N) is 1. The van der Waals surface area contributed by atoms with Crippen LogP contribution in [0.5, 0.6) is 5.75 Å². The van der Waals surface area contributed by atoms with Crippen molar-refractivity contribution < 1.29 is 14.3 Å². The highest BCUT2D eigenvalue weighted by molar-refractivity contribution is 5.69. The molecule has 0 unspecified atom stereocenters. The normalized spacial score (nSPS) is 9.38. The van der Waals surface area contributed by atoms with E-state index in [9.17, 15) is 10.0 Å². The molecule has 0 spiro atoms. The summed E-state index contributed by atoms with van der Waals surface area (Å²) in [5.41, 5.74) is 0.733. The smallest absolute Gasteiger partial charge is 0.412 e. The van der Waals surface area contributed by atoms with E-state index in [1.807, 2.05) is 0 Å². The Morgan fingerprint density at radius 1 is 1.62 bits per heavy atom. The van der Waals surface area contributed by atoms with Crippen molar-refractivity contribution in [2.24, 2.45) is 0 Å². The lowest BCUT2D eigenvalue weighted by Crippen LogP contribution is -2.27. The number of aromatic nitrogens is 1. The third kappa shape index (κ3) is 2.62. The van der Waals surface area contributed by atoms with Crippen LogP contribution in [0.1, 0.15) is 5.56 Å². The summed E-state index contributed by atoms with van der Waals surface area (Å²) >= 11 is 0. The second-order valence-corrected chi connectivity index (χ2v) is 2.55. The van der Waals surface area contributed by atoms with Crippen LogP contribution in [-0.4, -0.2) is 13.1 Å². The zero-order valence-electron chi connectivity index (χ0n) is 7.40. The molecule has 0 fully saturated rings. The van der Waals surface area contributed by atoms with E-state index in [-0.39, 0.29) is 5.75 Å². The Morgan fingerprint density at radius 3 is 2.85 bits per heavy atom. The summed E-state index contributed by atoms with van der Waals surface area (Å²) in [4.78, 5) is 10.8. The first-order chi connectivity index (χ1) is 6.11. The number of ether oxygens (including phenoxy) is 1. The fourth-order valence-electron chi connectivity index (χ4n) is 0.876. The molecular formula is C8H10N2O3. The summed E-state index contributed by atoms with van der Waals surface area (Å²) in [6, 6.07) is 1.60. The van der Waals surface area contributed by atoms with Crippen LogP contribution in [0.4, 0.5) is 4.79 Å². The Morgan fingerprint density at radius 2 is 2.31 bits per heavy atom. The molecule has 5 nitrogen and oxygen atoms in total. The van der Waals surface area contributed by atoms with Gasteiger partial charge in [0.2, 0.25) is 6.20 Å². The molecule has 0 aliphatic carbocycles. The van der Waals surface area contributed by atoms with E-state index < -0.39 is 6.09 Å². The van der Waals surface area contributed by atoms with Gasteiger partial charge >= 0.3 is 6.09 Å². The van der Waals surface area contributed by atoms with Crippen molar-refractivity contribution >= 4 is 6.09 Å². The maximum absolute atomic E-state index is 10.9. The highest BCUT2D eigenvalue weighted by Gasteiger charge is 2.05. The van der Waals surface area contributed by atoms with E-state index in [1.165, 1.54) is 19.4 Å². The Kier molecular flexibility index (Phi) is 2.69. The third-order valence-electron chi connectivity index (χ3n) is 1.37. The van der Waals surface area contributed by atoms with Crippen LogP contribution in [0, 0.1) is 12.1 Å². The molecule has 1 heterocycles. The standard InChI is InChI=1S/C8H10N2O3/c1-6-3-7(5-10(12)4-6)13-8(11)9-2/h3-5H,1-2H3,(H,9,11). The van der Waals surface area contributed by atoms with Crippen molar-refractivity contribution in [2.75, 3.05) is 7.05 Å². The van der Waals surface area contributed by atoms with Gasteiger partial charge in [-0.15, -0.1) is 0 Å². The van der Waals surface area contributed by atoms with E-state index in [2.05, 4.69) is 5.32 Å². The largest absolute Gasteiger partial charge is 0.619 e. The first-order valence-electron chi connectivity index (χ1n) is 3.72. The summed E-state index contributed by atoms with van der Waals surface area (Å²) in [6.45, 7) is 1.74.